The van der Waals surface area contributed by atoms with Crippen LogP contribution < -0.4 is 40.2 Å². The van der Waals surface area contributed by atoms with Crippen LogP contribution in [0.5, 0.6) is 23.0 Å². The molecule has 0 aliphatic carbocycles. The van der Waals surface area contributed by atoms with Crippen LogP contribution in [-0.2, 0) is 41.5 Å². The molecular formula is C44H56N4O12. The van der Waals surface area contributed by atoms with Crippen LogP contribution in [0.4, 0.5) is 21.0 Å². The zero-order valence-electron chi connectivity index (χ0n) is 33.9. The lowest BCUT2D eigenvalue weighted by molar-refractivity contribution is 0.00433. The third-order valence-electron chi connectivity index (χ3n) is 8.32. The first-order chi connectivity index (χ1) is 29.6. The molecule has 0 fully saturated rings. The van der Waals surface area contributed by atoms with Crippen molar-refractivity contribution in [1.29, 1.82) is 0 Å². The van der Waals surface area contributed by atoms with Gasteiger partial charge in [-0.15, -0.1) is 0 Å². The molecule has 0 atom stereocenters. The molecular weight excluding hydrogens is 776 g/mol. The number of carbonyl (C=O) groups excluding carboxylic acids is 2. The average Bonchev–Trinajstić information content (AvgIpc) is 3.26. The van der Waals surface area contributed by atoms with Gasteiger partial charge in [0.1, 0.15) is 49.4 Å². The molecule has 1 aliphatic rings. The monoisotopic (exact) mass is 832 g/mol. The van der Waals surface area contributed by atoms with Crippen molar-refractivity contribution in [3.63, 3.8) is 0 Å². The van der Waals surface area contributed by atoms with Crippen LogP contribution in [0.15, 0.2) is 97.1 Å². The molecule has 4 N–H and O–H groups in total. The maximum Gasteiger partial charge on any atom is 0.319 e. The van der Waals surface area contributed by atoms with Gasteiger partial charge in [-0.1, -0.05) is 36.4 Å². The number of hydrogen-bond acceptors (Lipinski definition) is 12. The van der Waals surface area contributed by atoms with Crippen molar-refractivity contribution in [3.8, 4) is 23.0 Å². The predicted octanol–water partition coefficient (Wildman–Crippen LogP) is 5.66. The minimum absolute atomic E-state index is 0.256. The Labute approximate surface area is 351 Å². The van der Waals surface area contributed by atoms with Gasteiger partial charge in [-0.25, -0.2) is 9.59 Å². The third-order valence-corrected chi connectivity index (χ3v) is 8.32. The number of para-hydroxylation sites is 2. The molecule has 324 valence electrons. The fourth-order valence-electron chi connectivity index (χ4n) is 5.51. The molecule has 16 nitrogen and oxygen atoms in total. The van der Waals surface area contributed by atoms with E-state index in [1.54, 1.807) is 12.1 Å². The number of carbonyl (C=O) groups is 2. The van der Waals surface area contributed by atoms with Gasteiger partial charge in [-0.05, 0) is 59.7 Å². The van der Waals surface area contributed by atoms with Crippen LogP contribution in [0.2, 0.25) is 0 Å². The van der Waals surface area contributed by atoms with Crippen molar-refractivity contribution in [2.45, 2.75) is 13.1 Å². The largest absolute Gasteiger partial charge is 0.491 e. The summed E-state index contributed by atoms with van der Waals surface area (Å²) in [6.45, 7) is 6.29. The molecule has 4 amide bonds. The molecule has 1 aliphatic heterocycles. The smallest absolute Gasteiger partial charge is 0.319 e. The molecule has 4 aromatic carbocycles. The van der Waals surface area contributed by atoms with Gasteiger partial charge < -0.3 is 68.6 Å². The molecule has 0 radical (unpaired) electrons. The van der Waals surface area contributed by atoms with Crippen LogP contribution in [0, 0.1) is 0 Å². The minimum atomic E-state index is -0.328. The van der Waals surface area contributed by atoms with Crippen LogP contribution in [0.25, 0.3) is 0 Å². The second-order valence-corrected chi connectivity index (χ2v) is 13.0. The Balaban J connectivity index is 1.06. The summed E-state index contributed by atoms with van der Waals surface area (Å²) in [6.07, 6.45) is 0. The fraction of sp³-hybridized carbons (Fsp3) is 0.409. The van der Waals surface area contributed by atoms with Gasteiger partial charge in [-0.3, -0.25) is 0 Å². The van der Waals surface area contributed by atoms with Crippen molar-refractivity contribution >= 4 is 23.4 Å². The molecule has 0 spiro atoms. The van der Waals surface area contributed by atoms with Crippen LogP contribution in [0.1, 0.15) is 11.1 Å². The Bertz CT molecular complexity index is 1610. The van der Waals surface area contributed by atoms with Crippen molar-refractivity contribution in [1.82, 2.24) is 10.6 Å². The highest BCUT2D eigenvalue weighted by Crippen LogP contribution is 2.25. The Morgan fingerprint density at radius 1 is 0.367 bits per heavy atom. The molecule has 4 bridgehead atoms. The first-order valence-electron chi connectivity index (χ1n) is 20.0. The minimum Gasteiger partial charge on any atom is -0.491 e. The first-order valence-corrected chi connectivity index (χ1v) is 20.0. The summed E-state index contributed by atoms with van der Waals surface area (Å²) in [5.41, 5.74) is 2.99. The topological polar surface area (TPSA) is 175 Å². The van der Waals surface area contributed by atoms with Gasteiger partial charge in [0.25, 0.3) is 0 Å². The molecule has 0 saturated heterocycles. The molecule has 0 unspecified atom stereocenters. The molecule has 0 aromatic heterocycles. The molecule has 5 rings (SSSR count). The molecule has 0 saturated carbocycles. The number of hydrogen-bond donors (Lipinski definition) is 4. The summed E-state index contributed by atoms with van der Waals surface area (Å²) < 4.78 is 57.9. The maximum absolute atomic E-state index is 12.5. The Hall–Kier alpha value is -5.62. The quantitative estimate of drug-likeness (QED) is 0.188. The summed E-state index contributed by atoms with van der Waals surface area (Å²) >= 11 is 0. The van der Waals surface area contributed by atoms with E-state index in [2.05, 4.69) is 21.3 Å². The van der Waals surface area contributed by atoms with Gasteiger partial charge in [0.15, 0.2) is 0 Å². The zero-order valence-corrected chi connectivity index (χ0v) is 33.9. The third kappa shape index (κ3) is 19.4. The van der Waals surface area contributed by atoms with Gasteiger partial charge in [-0.2, -0.15) is 0 Å². The van der Waals surface area contributed by atoms with E-state index >= 15 is 0 Å². The Morgan fingerprint density at radius 3 is 0.917 bits per heavy atom. The summed E-state index contributed by atoms with van der Waals surface area (Å²) in [7, 11) is 0. The number of ether oxygens (including phenoxy) is 10. The number of anilines is 2. The predicted molar refractivity (Wildman–Crippen MR) is 224 cm³/mol. The molecule has 4 aromatic rings. The number of amides is 4. The van der Waals surface area contributed by atoms with E-state index in [-0.39, 0.29) is 25.2 Å². The highest BCUT2D eigenvalue weighted by Gasteiger charge is 2.09. The number of nitrogens with one attached hydrogen (secondary N) is 4. The Kier molecular flexibility index (Phi) is 21.2. The molecule has 16 heteroatoms. The van der Waals surface area contributed by atoms with Gasteiger partial charge in [0, 0.05) is 36.6 Å². The van der Waals surface area contributed by atoms with Gasteiger partial charge >= 0.3 is 12.1 Å². The van der Waals surface area contributed by atoms with E-state index in [1.807, 2.05) is 84.9 Å². The highest BCUT2D eigenvalue weighted by atomic mass is 16.6. The number of rotatable bonds is 6. The van der Waals surface area contributed by atoms with E-state index in [0.717, 1.165) is 11.1 Å². The highest BCUT2D eigenvalue weighted by molar-refractivity contribution is 5.89. The number of fused-ring (bicyclic) bond motifs is 4. The Morgan fingerprint density at radius 2 is 0.633 bits per heavy atom. The molecule has 60 heavy (non-hydrogen) atoms. The number of benzene rings is 4. The second-order valence-electron chi connectivity index (χ2n) is 13.0. The second kappa shape index (κ2) is 28.0. The van der Waals surface area contributed by atoms with E-state index in [4.69, 9.17) is 47.4 Å². The van der Waals surface area contributed by atoms with Gasteiger partial charge in [0.2, 0.25) is 0 Å². The first kappa shape index (κ1) is 45.5. The van der Waals surface area contributed by atoms with Crippen LogP contribution >= 0.6 is 0 Å². The average molecular weight is 833 g/mol. The molecule has 1 heterocycles. The standard InChI is InChI=1S/C44H56N4O12/c49-43(47-37-7-3-1-4-8-37)45-33-35-27-39-31-40(28-35)58-24-20-54-16-12-52-14-18-56-22-26-60-42-30-36(34-46-44(50)48-38-9-5-2-6-10-38)29-41(32-42)59-25-21-55-17-13-51-11-15-53-19-23-57-39/h1-10,27-32H,11-26,33-34H2,(H2,45,47,49)(H2,46,48,50). The summed E-state index contributed by atoms with van der Waals surface area (Å²) in [5.74, 6) is 2.32. The van der Waals surface area contributed by atoms with Crippen LogP contribution in [-0.4, -0.2) is 118 Å². The maximum atomic E-state index is 12.5. The van der Waals surface area contributed by atoms with Crippen molar-refractivity contribution in [3.05, 3.63) is 108 Å². The van der Waals surface area contributed by atoms with Gasteiger partial charge in [0.05, 0.1) is 79.3 Å². The summed E-state index contributed by atoms with van der Waals surface area (Å²) in [5, 5.41) is 11.4. The summed E-state index contributed by atoms with van der Waals surface area (Å²) in [6, 6.07) is 28.8. The lowest BCUT2D eigenvalue weighted by atomic mass is 10.2. The van der Waals surface area contributed by atoms with E-state index in [0.29, 0.717) is 140 Å². The lowest BCUT2D eigenvalue weighted by Crippen LogP contribution is -2.28. The summed E-state index contributed by atoms with van der Waals surface area (Å²) in [4.78, 5) is 25.0. The zero-order chi connectivity index (χ0) is 41.7. The van der Waals surface area contributed by atoms with Crippen molar-refractivity contribution in [2.75, 3.05) is 116 Å². The van der Waals surface area contributed by atoms with Crippen molar-refractivity contribution < 1.29 is 57.0 Å². The van der Waals surface area contributed by atoms with E-state index < -0.39 is 0 Å². The van der Waals surface area contributed by atoms with Crippen molar-refractivity contribution in [2.24, 2.45) is 0 Å². The fourth-order valence-corrected chi connectivity index (χ4v) is 5.51. The van der Waals surface area contributed by atoms with E-state index in [9.17, 15) is 9.59 Å². The number of urea groups is 2. The van der Waals surface area contributed by atoms with E-state index in [1.165, 1.54) is 0 Å². The SMILES string of the molecule is O=C(NCc1cc2cc(c1)OCCOCCOCCOCCOc1cc(CNC(=O)Nc3ccccc3)cc(c1)OCCOCCOCCOCCO2)Nc1ccccc1. The normalized spacial score (nSPS) is 16.0. The van der Waals surface area contributed by atoms with Crippen LogP contribution in [0.3, 0.4) is 0 Å². The lowest BCUT2D eigenvalue weighted by Gasteiger charge is -2.14.